The molecule has 2 aromatic rings. The van der Waals surface area contributed by atoms with Crippen molar-refractivity contribution in [2.45, 2.75) is 270 Å². The summed E-state index contributed by atoms with van der Waals surface area (Å²) in [5.41, 5.74) is 18.3. The van der Waals surface area contributed by atoms with Crippen molar-refractivity contribution in [2.24, 2.45) is 0 Å². The fraction of sp³-hybridized carbons (Fsp3) is 0.700. The summed E-state index contributed by atoms with van der Waals surface area (Å²) in [6, 6.07) is 18.3. The van der Waals surface area contributed by atoms with E-state index in [-0.39, 0.29) is 0 Å². The van der Waals surface area contributed by atoms with Crippen LogP contribution in [0.25, 0.3) is 11.1 Å². The molecule has 0 aliphatic heterocycles. The number of allylic oxidation sites excluding steroid dienone is 4. The molecule has 0 heterocycles. The third-order valence-corrected chi connectivity index (χ3v) is 14.5. The summed E-state index contributed by atoms with van der Waals surface area (Å²) in [5, 5.41) is 0. The number of hydrogen-bond donors (Lipinski definition) is 0. The van der Waals surface area contributed by atoms with Gasteiger partial charge in [0.15, 0.2) is 0 Å². The van der Waals surface area contributed by atoms with E-state index in [0.29, 0.717) is 0 Å². The standard InChI is InChI=1S/C38H54N2.2C11H23.Pd/c1-5-9-13-14-15-18-22-33-24-20-27-35(30-33)38(34-26-19-23-32(29-34)21-16-10-6-2)37(28-12-8-4)36(31-40-39)25-17-11-7-3;2*1-3-5-7-9-11-10-8-6-4-2;/h17,19-20,23-27,29-30H,5-16,18,21-22,28H2,1-4H3;2*1,3-11H2,2H3;. The molecule has 2 aromatic carbocycles. The van der Waals surface area contributed by atoms with Crippen LogP contribution in [0.3, 0.4) is 0 Å². The molecule has 360 valence electrons. The van der Waals surface area contributed by atoms with Crippen molar-refractivity contribution >= 4 is 11.4 Å². The monoisotopic (exact) mass is 955 g/mol. The van der Waals surface area contributed by atoms with Crippen molar-refractivity contribution in [1.82, 2.24) is 0 Å². The first-order valence-corrected chi connectivity index (χ1v) is 29.3. The summed E-state index contributed by atoms with van der Waals surface area (Å²) in [6.45, 7) is 13.6. The maximum atomic E-state index is 9.61. The number of unbranched alkanes of at least 4 members (excludes halogenated alkanes) is 25. The molecule has 0 atom stereocenters. The second-order valence-corrected chi connectivity index (χ2v) is 20.6. The molecule has 2 nitrogen and oxygen atoms in total. The van der Waals surface area contributed by atoms with Crippen molar-refractivity contribution in [2.75, 3.05) is 0 Å². The minimum atomic E-state index is 0.886. The van der Waals surface area contributed by atoms with Crippen molar-refractivity contribution in [3.63, 3.8) is 0 Å². The van der Waals surface area contributed by atoms with Gasteiger partial charge in [0.25, 0.3) is 0 Å². The second kappa shape index (κ2) is 44.9. The fourth-order valence-corrected chi connectivity index (χ4v) is 10.3. The summed E-state index contributed by atoms with van der Waals surface area (Å²) in [7, 11) is 0. The van der Waals surface area contributed by atoms with Gasteiger partial charge in [0, 0.05) is 0 Å². The van der Waals surface area contributed by atoms with Crippen LogP contribution in [0.2, 0.25) is 9.79 Å². The van der Waals surface area contributed by atoms with Crippen LogP contribution in [0, 0.1) is 0 Å². The molecule has 0 spiro atoms. The maximum absolute atomic E-state index is 9.61. The molecule has 0 radical (unpaired) electrons. The van der Waals surface area contributed by atoms with Crippen LogP contribution in [0.1, 0.15) is 269 Å². The first kappa shape index (κ1) is 58.8. The molecule has 3 heteroatoms. The van der Waals surface area contributed by atoms with E-state index in [1.54, 1.807) is 9.79 Å². The SMILES string of the molecule is CCCC=CC(=C=[N+]=[N-])C(CCCC)=C(c1cccc(CCCCC)c1)c1cccc(CCCCCCCC)c1.CCCCCCCCCC[CH2][Pd][CH2]CCCCCCCCCC. The molecule has 0 saturated heterocycles. The Morgan fingerprint density at radius 2 is 0.889 bits per heavy atom. The van der Waals surface area contributed by atoms with Crippen LogP contribution in [0.4, 0.5) is 0 Å². The van der Waals surface area contributed by atoms with Gasteiger partial charge in [-0.2, -0.15) is 0 Å². The van der Waals surface area contributed by atoms with Gasteiger partial charge in [-0.25, -0.2) is 0 Å². The molecule has 0 fully saturated rings. The molecule has 0 aromatic heterocycles. The summed E-state index contributed by atoms with van der Waals surface area (Å²) in [5.74, 6) is 2.95. The Morgan fingerprint density at radius 1 is 0.492 bits per heavy atom. The van der Waals surface area contributed by atoms with E-state index in [2.05, 4.69) is 113 Å². The van der Waals surface area contributed by atoms with Crippen LogP contribution in [0.5, 0.6) is 0 Å². The molecule has 0 aliphatic carbocycles. The number of benzene rings is 2. The average Bonchev–Trinajstić information content (AvgIpc) is 3.30. The first-order chi connectivity index (χ1) is 31.1. The van der Waals surface area contributed by atoms with Gasteiger partial charge in [-0.15, -0.1) is 4.79 Å². The van der Waals surface area contributed by atoms with E-state index in [0.717, 1.165) is 68.5 Å². The minimum absolute atomic E-state index is 0.886. The summed E-state index contributed by atoms with van der Waals surface area (Å²) >= 11 is 1.07. The Kier molecular flexibility index (Phi) is 41.9. The Balaban J connectivity index is 0.000000735. The quantitative estimate of drug-likeness (QED) is 0.0159. The molecule has 63 heavy (non-hydrogen) atoms. The molecule has 0 unspecified atom stereocenters. The van der Waals surface area contributed by atoms with Gasteiger partial charge in [0.2, 0.25) is 0 Å². The van der Waals surface area contributed by atoms with E-state index < -0.39 is 0 Å². The van der Waals surface area contributed by atoms with Gasteiger partial charge < -0.3 is 5.53 Å². The predicted octanol–water partition coefficient (Wildman–Crippen LogP) is 20.5. The molecule has 0 saturated carbocycles. The van der Waals surface area contributed by atoms with Crippen LogP contribution < -0.4 is 0 Å². The van der Waals surface area contributed by atoms with Crippen LogP contribution >= 0.6 is 0 Å². The molecular formula is C60H100N2Pd. The third kappa shape index (κ3) is 32.1. The Hall–Kier alpha value is -2.26. The Bertz CT molecular complexity index is 1470. The molecule has 0 bridgehead atoms. The Morgan fingerprint density at radius 3 is 1.32 bits per heavy atom. The topological polar surface area (TPSA) is 36.4 Å². The number of nitrogens with zero attached hydrogens (tertiary/aromatic N) is 2. The number of rotatable bonds is 40. The predicted molar refractivity (Wildman–Crippen MR) is 279 cm³/mol. The molecule has 0 aliphatic rings. The van der Waals surface area contributed by atoms with Crippen LogP contribution in [-0.2, 0) is 30.8 Å². The molecular weight excluding hydrogens is 855 g/mol. The van der Waals surface area contributed by atoms with E-state index in [1.807, 2.05) is 0 Å². The normalized spacial score (nSPS) is 11.7. The van der Waals surface area contributed by atoms with E-state index >= 15 is 0 Å². The van der Waals surface area contributed by atoms with Gasteiger partial charge in [-0.3, -0.25) is 0 Å². The molecule has 2 rings (SSSR count). The fourth-order valence-electron chi connectivity index (χ4n) is 8.36. The first-order valence-electron chi connectivity index (χ1n) is 27.1. The number of aryl methyl sites for hydroxylation is 2. The molecule has 0 N–H and O–H groups in total. The zero-order chi connectivity index (χ0) is 45.7. The van der Waals surface area contributed by atoms with Crippen LogP contribution in [-0.4, -0.2) is 10.7 Å². The van der Waals surface area contributed by atoms with E-state index in [4.69, 9.17) is 0 Å². The van der Waals surface area contributed by atoms with Crippen LogP contribution in [0.15, 0.2) is 71.8 Å². The zero-order valence-electron chi connectivity index (χ0n) is 42.4. The third-order valence-electron chi connectivity index (χ3n) is 12.3. The summed E-state index contributed by atoms with van der Waals surface area (Å²) in [6.07, 6.45) is 49.8. The van der Waals surface area contributed by atoms with Gasteiger partial charge in [0.05, 0.1) is 0 Å². The zero-order valence-corrected chi connectivity index (χ0v) is 44.0. The van der Waals surface area contributed by atoms with Crippen molar-refractivity contribution in [3.05, 3.63) is 99.6 Å². The van der Waals surface area contributed by atoms with E-state index in [1.165, 1.54) is 207 Å². The van der Waals surface area contributed by atoms with Crippen molar-refractivity contribution < 1.29 is 22.8 Å². The second-order valence-electron chi connectivity index (χ2n) is 18.3. The number of hydrogen-bond acceptors (Lipinski definition) is 0. The summed E-state index contributed by atoms with van der Waals surface area (Å²) in [4.78, 5) is 6.48. The summed E-state index contributed by atoms with van der Waals surface area (Å²) < 4.78 is 0. The molecule has 0 amide bonds. The average molecular weight is 956 g/mol. The van der Waals surface area contributed by atoms with Gasteiger partial charge in [-0.05, 0) is 84.4 Å². The van der Waals surface area contributed by atoms with E-state index in [9.17, 15) is 5.53 Å². The Labute approximate surface area is 401 Å². The van der Waals surface area contributed by atoms with Gasteiger partial charge >= 0.3 is 163 Å². The van der Waals surface area contributed by atoms with Crippen molar-refractivity contribution in [1.29, 1.82) is 0 Å². The van der Waals surface area contributed by atoms with Crippen molar-refractivity contribution in [3.8, 4) is 0 Å². The van der Waals surface area contributed by atoms with Gasteiger partial charge in [0.1, 0.15) is 5.57 Å². The van der Waals surface area contributed by atoms with Gasteiger partial charge in [-0.1, -0.05) is 140 Å².